The normalized spacial score (nSPS) is 9.31. The Kier molecular flexibility index (Phi) is 4.04. The van der Waals surface area contributed by atoms with Crippen LogP contribution in [0.5, 0.6) is 5.75 Å². The van der Waals surface area contributed by atoms with Crippen LogP contribution in [0.1, 0.15) is 0 Å². The third kappa shape index (κ3) is 2.16. The second-order valence-corrected chi connectivity index (χ2v) is 2.68. The Morgan fingerprint density at radius 2 is 1.62 bits per heavy atom. The van der Waals surface area contributed by atoms with E-state index in [9.17, 15) is 0 Å². The molecular formula is C11H10CaO. The number of hydrogen-bond donors (Lipinski definition) is 0. The smallest absolute Gasteiger partial charge is 0.126 e. The van der Waals surface area contributed by atoms with E-state index < -0.39 is 0 Å². The molecule has 0 aliphatic carbocycles. The van der Waals surface area contributed by atoms with Crippen LogP contribution in [0.25, 0.3) is 10.8 Å². The number of benzene rings is 2. The van der Waals surface area contributed by atoms with Gasteiger partial charge in [0, 0.05) is 43.1 Å². The van der Waals surface area contributed by atoms with Gasteiger partial charge in [-0.15, -0.1) is 0 Å². The molecule has 2 aromatic rings. The number of fused-ring (bicyclic) bond motifs is 1. The van der Waals surface area contributed by atoms with Crippen LogP contribution in [-0.4, -0.2) is 44.8 Å². The molecule has 0 amide bonds. The molecule has 62 valence electrons. The fraction of sp³-hybridized carbons (Fsp3) is 0.0909. The predicted molar refractivity (Wildman–Crippen MR) is 56.3 cm³/mol. The summed E-state index contributed by atoms with van der Waals surface area (Å²) in [5.41, 5.74) is 0. The second-order valence-electron chi connectivity index (χ2n) is 2.68. The van der Waals surface area contributed by atoms with Crippen LogP contribution in [0.3, 0.4) is 0 Å². The number of rotatable bonds is 1. The van der Waals surface area contributed by atoms with Gasteiger partial charge in [0.05, 0.1) is 7.11 Å². The SMILES string of the molecule is COc1cccc2ccccc12.[Ca]. The summed E-state index contributed by atoms with van der Waals surface area (Å²) < 4.78 is 5.23. The maximum absolute atomic E-state index is 5.23. The zero-order chi connectivity index (χ0) is 8.39. The molecule has 2 rings (SSSR count). The fourth-order valence-electron chi connectivity index (χ4n) is 1.37. The molecule has 0 fully saturated rings. The van der Waals surface area contributed by atoms with Crippen LogP contribution in [0.15, 0.2) is 42.5 Å². The average Bonchev–Trinajstić information content (AvgIpc) is 2.17. The fourth-order valence-corrected chi connectivity index (χ4v) is 1.37. The minimum Gasteiger partial charge on any atom is -0.496 e. The Labute approximate surface area is 108 Å². The first-order chi connectivity index (χ1) is 5.92. The quantitative estimate of drug-likeness (QED) is 0.640. The first kappa shape index (κ1) is 10.8. The molecule has 0 saturated carbocycles. The van der Waals surface area contributed by atoms with E-state index in [4.69, 9.17) is 4.74 Å². The standard InChI is InChI=1S/C11H10O.Ca/c1-12-11-8-4-6-9-5-2-3-7-10(9)11;/h2-8H,1H3;. The van der Waals surface area contributed by atoms with E-state index in [1.54, 1.807) is 7.11 Å². The summed E-state index contributed by atoms with van der Waals surface area (Å²) in [6.07, 6.45) is 0. The number of methoxy groups -OCH3 is 1. The van der Waals surface area contributed by atoms with Gasteiger partial charge in [-0.3, -0.25) is 0 Å². The molecule has 0 heterocycles. The van der Waals surface area contributed by atoms with Gasteiger partial charge in [-0.25, -0.2) is 0 Å². The maximum atomic E-state index is 5.23. The molecule has 0 bridgehead atoms. The van der Waals surface area contributed by atoms with E-state index in [1.807, 2.05) is 24.3 Å². The molecule has 1 nitrogen and oxygen atoms in total. The Bertz CT molecular complexity index is 393. The minimum atomic E-state index is 0. The third-order valence-corrected chi connectivity index (χ3v) is 1.97. The maximum Gasteiger partial charge on any atom is 0.126 e. The van der Waals surface area contributed by atoms with Gasteiger partial charge in [-0.1, -0.05) is 36.4 Å². The van der Waals surface area contributed by atoms with E-state index in [-0.39, 0.29) is 37.7 Å². The van der Waals surface area contributed by atoms with Crippen LogP contribution in [-0.2, 0) is 0 Å². The van der Waals surface area contributed by atoms with Crippen molar-refractivity contribution in [1.29, 1.82) is 0 Å². The average molecular weight is 198 g/mol. The first-order valence-electron chi connectivity index (χ1n) is 3.93. The summed E-state index contributed by atoms with van der Waals surface area (Å²) in [6.45, 7) is 0. The topological polar surface area (TPSA) is 9.23 Å². The summed E-state index contributed by atoms with van der Waals surface area (Å²) in [6, 6.07) is 14.2. The molecule has 2 radical (unpaired) electrons. The Balaban J connectivity index is 0.000000845. The first-order valence-corrected chi connectivity index (χ1v) is 3.93. The molecular weight excluding hydrogens is 188 g/mol. The van der Waals surface area contributed by atoms with E-state index in [2.05, 4.69) is 18.2 Å². The Morgan fingerprint density at radius 3 is 2.38 bits per heavy atom. The van der Waals surface area contributed by atoms with Crippen LogP contribution in [0, 0.1) is 0 Å². The number of ether oxygens (including phenoxy) is 1. The van der Waals surface area contributed by atoms with Crippen molar-refractivity contribution in [3.05, 3.63) is 42.5 Å². The van der Waals surface area contributed by atoms with E-state index in [1.165, 1.54) is 10.8 Å². The van der Waals surface area contributed by atoms with E-state index in [0.29, 0.717) is 0 Å². The molecule has 2 aromatic carbocycles. The largest absolute Gasteiger partial charge is 0.496 e. The molecule has 13 heavy (non-hydrogen) atoms. The van der Waals surface area contributed by atoms with Gasteiger partial charge in [0.15, 0.2) is 0 Å². The summed E-state index contributed by atoms with van der Waals surface area (Å²) >= 11 is 0. The molecule has 0 aliphatic heterocycles. The van der Waals surface area contributed by atoms with Gasteiger partial charge in [0.25, 0.3) is 0 Å². The monoisotopic (exact) mass is 198 g/mol. The van der Waals surface area contributed by atoms with Crippen molar-refractivity contribution in [1.82, 2.24) is 0 Å². The van der Waals surface area contributed by atoms with Crippen LogP contribution < -0.4 is 4.74 Å². The molecule has 0 saturated heterocycles. The van der Waals surface area contributed by atoms with Gasteiger partial charge < -0.3 is 4.74 Å². The van der Waals surface area contributed by atoms with Crippen molar-refractivity contribution >= 4 is 48.5 Å². The van der Waals surface area contributed by atoms with Crippen molar-refractivity contribution in [3.8, 4) is 5.75 Å². The van der Waals surface area contributed by atoms with Crippen molar-refractivity contribution in [2.24, 2.45) is 0 Å². The Hall–Kier alpha value is -0.240. The van der Waals surface area contributed by atoms with Gasteiger partial charge in [-0.05, 0) is 11.5 Å². The van der Waals surface area contributed by atoms with Crippen molar-refractivity contribution in [2.75, 3.05) is 7.11 Å². The van der Waals surface area contributed by atoms with Crippen molar-refractivity contribution in [3.63, 3.8) is 0 Å². The number of hydrogen-bond acceptors (Lipinski definition) is 1. The zero-order valence-corrected chi connectivity index (χ0v) is 9.87. The van der Waals surface area contributed by atoms with E-state index >= 15 is 0 Å². The molecule has 0 atom stereocenters. The van der Waals surface area contributed by atoms with E-state index in [0.717, 1.165) is 5.75 Å². The molecule has 0 N–H and O–H groups in total. The van der Waals surface area contributed by atoms with Gasteiger partial charge in [0.1, 0.15) is 5.75 Å². The van der Waals surface area contributed by atoms with Crippen LogP contribution >= 0.6 is 0 Å². The summed E-state index contributed by atoms with van der Waals surface area (Å²) in [4.78, 5) is 0. The third-order valence-electron chi connectivity index (χ3n) is 1.97. The minimum absolute atomic E-state index is 0. The molecule has 2 heteroatoms. The summed E-state index contributed by atoms with van der Waals surface area (Å²) in [5.74, 6) is 0.938. The predicted octanol–water partition coefficient (Wildman–Crippen LogP) is 2.47. The summed E-state index contributed by atoms with van der Waals surface area (Å²) in [5, 5.41) is 2.39. The van der Waals surface area contributed by atoms with Crippen molar-refractivity contribution < 1.29 is 4.74 Å². The zero-order valence-electron chi connectivity index (χ0n) is 7.66. The van der Waals surface area contributed by atoms with Gasteiger partial charge in [-0.2, -0.15) is 0 Å². The second kappa shape index (κ2) is 4.85. The van der Waals surface area contributed by atoms with Gasteiger partial charge >= 0.3 is 0 Å². The van der Waals surface area contributed by atoms with Crippen LogP contribution in [0.4, 0.5) is 0 Å². The molecule has 0 aliphatic rings. The van der Waals surface area contributed by atoms with Crippen LogP contribution in [0.2, 0.25) is 0 Å². The Morgan fingerprint density at radius 1 is 0.923 bits per heavy atom. The molecule has 0 spiro atoms. The molecule has 0 unspecified atom stereocenters. The van der Waals surface area contributed by atoms with Gasteiger partial charge in [0.2, 0.25) is 0 Å². The molecule has 0 aromatic heterocycles. The summed E-state index contributed by atoms with van der Waals surface area (Å²) in [7, 11) is 1.70. The van der Waals surface area contributed by atoms with Crippen molar-refractivity contribution in [2.45, 2.75) is 0 Å².